The van der Waals surface area contributed by atoms with E-state index >= 15 is 0 Å². The number of amides is 1. The third kappa shape index (κ3) is 9.94. The summed E-state index contributed by atoms with van der Waals surface area (Å²) >= 11 is 0. The Hall–Kier alpha value is -2.61. The van der Waals surface area contributed by atoms with Gasteiger partial charge in [-0.1, -0.05) is 12.1 Å². The normalized spacial score (nSPS) is 12.7. The van der Waals surface area contributed by atoms with Crippen LogP contribution in [0.1, 0.15) is 57.5 Å². The molecule has 2 N–H and O–H groups in total. The smallest absolute Gasteiger partial charge is 0.408 e. The molecule has 0 aromatic heterocycles. The summed E-state index contributed by atoms with van der Waals surface area (Å²) < 4.78 is 15.3. The van der Waals surface area contributed by atoms with Crippen LogP contribution in [0, 0.1) is 0 Å². The lowest BCUT2D eigenvalue weighted by molar-refractivity contribution is -0.157. The van der Waals surface area contributed by atoms with Gasteiger partial charge in [0.1, 0.15) is 17.2 Å². The molecule has 8 nitrogen and oxygen atoms in total. The Morgan fingerprint density at radius 2 is 1.48 bits per heavy atom. The molecule has 0 saturated heterocycles. The van der Waals surface area contributed by atoms with Gasteiger partial charge in [-0.2, -0.15) is 0 Å². The SMILES string of the molecule is COC(=O)c1ccc(CNC[C@H](NC(=O)OC(C)(C)C)C(=O)OC(C)(C)C)cc1. The van der Waals surface area contributed by atoms with Gasteiger partial charge in [-0.3, -0.25) is 0 Å². The van der Waals surface area contributed by atoms with Crippen LogP contribution < -0.4 is 10.6 Å². The van der Waals surface area contributed by atoms with Crippen molar-refractivity contribution in [3.05, 3.63) is 35.4 Å². The van der Waals surface area contributed by atoms with E-state index in [9.17, 15) is 14.4 Å². The Balaban J connectivity index is 2.72. The summed E-state index contributed by atoms with van der Waals surface area (Å²) in [5.41, 5.74) is -0.0150. The minimum Gasteiger partial charge on any atom is -0.465 e. The Kier molecular flexibility index (Phi) is 8.63. The minimum atomic E-state index is -0.918. The molecule has 0 radical (unpaired) electrons. The molecule has 1 aromatic rings. The average Bonchev–Trinajstić information content (AvgIpc) is 2.57. The number of benzene rings is 1. The summed E-state index contributed by atoms with van der Waals surface area (Å²) in [7, 11) is 1.33. The van der Waals surface area contributed by atoms with Gasteiger partial charge in [0, 0.05) is 13.1 Å². The number of carbonyl (C=O) groups is 3. The number of nitrogens with one attached hydrogen (secondary N) is 2. The van der Waals surface area contributed by atoms with Gasteiger partial charge in [0.2, 0.25) is 0 Å². The molecule has 8 heteroatoms. The number of alkyl carbamates (subject to hydrolysis) is 1. The zero-order chi connectivity index (χ0) is 22.2. The molecule has 0 fully saturated rings. The first-order valence-electron chi connectivity index (χ1n) is 9.41. The Morgan fingerprint density at radius 1 is 0.931 bits per heavy atom. The first-order chi connectivity index (χ1) is 13.3. The van der Waals surface area contributed by atoms with Crippen LogP contribution in [0.2, 0.25) is 0 Å². The van der Waals surface area contributed by atoms with Crippen molar-refractivity contribution in [3.8, 4) is 0 Å². The Labute approximate surface area is 172 Å². The van der Waals surface area contributed by atoms with Gasteiger partial charge in [0.15, 0.2) is 0 Å². The van der Waals surface area contributed by atoms with Gasteiger partial charge < -0.3 is 24.8 Å². The van der Waals surface area contributed by atoms with Gasteiger partial charge in [-0.15, -0.1) is 0 Å². The van der Waals surface area contributed by atoms with Gasteiger partial charge in [-0.25, -0.2) is 14.4 Å². The molecular weight excluding hydrogens is 376 g/mol. The second-order valence-corrected chi connectivity index (χ2v) is 8.55. The zero-order valence-electron chi connectivity index (χ0n) is 18.3. The minimum absolute atomic E-state index is 0.146. The van der Waals surface area contributed by atoms with E-state index in [1.165, 1.54) is 7.11 Å². The average molecular weight is 408 g/mol. The summed E-state index contributed by atoms with van der Waals surface area (Å²) in [6.07, 6.45) is -0.697. The molecule has 1 amide bonds. The molecule has 0 aliphatic heterocycles. The van der Waals surface area contributed by atoms with Crippen molar-refractivity contribution in [2.24, 2.45) is 0 Å². The van der Waals surface area contributed by atoms with Crippen LogP contribution in [-0.4, -0.2) is 48.9 Å². The van der Waals surface area contributed by atoms with E-state index in [1.54, 1.807) is 65.8 Å². The molecule has 1 rings (SSSR count). The molecule has 0 heterocycles. The summed E-state index contributed by atoms with van der Waals surface area (Å²) in [5.74, 6) is -0.965. The highest BCUT2D eigenvalue weighted by Gasteiger charge is 2.28. The molecule has 0 unspecified atom stereocenters. The van der Waals surface area contributed by atoms with Crippen LogP contribution in [0.3, 0.4) is 0 Å². The number of hydrogen-bond donors (Lipinski definition) is 2. The molecule has 1 aromatic carbocycles. The van der Waals surface area contributed by atoms with Crippen molar-refractivity contribution in [2.45, 2.75) is 65.3 Å². The molecule has 0 aliphatic carbocycles. The van der Waals surface area contributed by atoms with Crippen LogP contribution in [-0.2, 0) is 25.5 Å². The van der Waals surface area contributed by atoms with E-state index < -0.39 is 35.3 Å². The lowest BCUT2D eigenvalue weighted by atomic mass is 10.1. The number of hydrogen-bond acceptors (Lipinski definition) is 7. The summed E-state index contributed by atoms with van der Waals surface area (Å²) in [5, 5.41) is 5.67. The number of methoxy groups -OCH3 is 1. The Bertz CT molecular complexity index is 701. The zero-order valence-corrected chi connectivity index (χ0v) is 18.3. The fourth-order valence-corrected chi connectivity index (χ4v) is 2.25. The maximum absolute atomic E-state index is 12.5. The van der Waals surface area contributed by atoms with E-state index in [0.717, 1.165) is 5.56 Å². The number of rotatable bonds is 7. The maximum Gasteiger partial charge on any atom is 0.408 e. The number of ether oxygens (including phenoxy) is 3. The van der Waals surface area contributed by atoms with Crippen LogP contribution in [0.15, 0.2) is 24.3 Å². The Morgan fingerprint density at radius 3 is 1.97 bits per heavy atom. The van der Waals surface area contributed by atoms with E-state index in [1.807, 2.05) is 0 Å². The van der Waals surface area contributed by atoms with Crippen molar-refractivity contribution < 1.29 is 28.6 Å². The molecule has 29 heavy (non-hydrogen) atoms. The summed E-state index contributed by atoms with van der Waals surface area (Å²) in [6.45, 7) is 11.1. The van der Waals surface area contributed by atoms with Gasteiger partial charge in [-0.05, 0) is 59.2 Å². The second-order valence-electron chi connectivity index (χ2n) is 8.55. The summed E-state index contributed by atoms with van der Waals surface area (Å²) in [6, 6.07) is 5.96. The largest absolute Gasteiger partial charge is 0.465 e. The topological polar surface area (TPSA) is 103 Å². The molecule has 1 atom stereocenters. The predicted octanol–water partition coefficient (Wildman–Crippen LogP) is 2.80. The molecular formula is C21H32N2O6. The number of esters is 2. The summed E-state index contributed by atoms with van der Waals surface area (Å²) in [4.78, 5) is 36.0. The van der Waals surface area contributed by atoms with E-state index in [-0.39, 0.29) is 6.54 Å². The van der Waals surface area contributed by atoms with Crippen LogP contribution >= 0.6 is 0 Å². The van der Waals surface area contributed by atoms with E-state index in [2.05, 4.69) is 15.4 Å². The lowest BCUT2D eigenvalue weighted by Crippen LogP contribution is -2.50. The van der Waals surface area contributed by atoms with Crippen LogP contribution in [0.4, 0.5) is 4.79 Å². The quantitative estimate of drug-likeness (QED) is 0.528. The molecule has 0 spiro atoms. The van der Waals surface area contributed by atoms with Gasteiger partial charge >= 0.3 is 18.0 Å². The highest BCUT2D eigenvalue weighted by atomic mass is 16.6. The lowest BCUT2D eigenvalue weighted by Gasteiger charge is -2.26. The predicted molar refractivity (Wildman–Crippen MR) is 108 cm³/mol. The van der Waals surface area contributed by atoms with Crippen molar-refractivity contribution in [1.82, 2.24) is 10.6 Å². The monoisotopic (exact) mass is 408 g/mol. The van der Waals surface area contributed by atoms with E-state index in [0.29, 0.717) is 12.1 Å². The fraction of sp³-hybridized carbons (Fsp3) is 0.571. The maximum atomic E-state index is 12.5. The fourth-order valence-electron chi connectivity index (χ4n) is 2.25. The van der Waals surface area contributed by atoms with Crippen LogP contribution in [0.25, 0.3) is 0 Å². The van der Waals surface area contributed by atoms with Crippen molar-refractivity contribution in [3.63, 3.8) is 0 Å². The molecule has 0 aliphatic rings. The standard InChI is InChI=1S/C21H32N2O6/c1-20(2,3)28-18(25)16(23-19(26)29-21(4,5)6)13-22-12-14-8-10-15(11-9-14)17(24)27-7/h8-11,16,22H,12-13H2,1-7H3,(H,23,26)/t16-/m0/s1. The first-order valence-corrected chi connectivity index (χ1v) is 9.41. The van der Waals surface area contributed by atoms with Crippen LogP contribution in [0.5, 0.6) is 0 Å². The molecule has 0 saturated carbocycles. The van der Waals surface area contributed by atoms with Crippen molar-refractivity contribution >= 4 is 18.0 Å². The van der Waals surface area contributed by atoms with Crippen molar-refractivity contribution in [2.75, 3.05) is 13.7 Å². The first kappa shape index (κ1) is 24.4. The highest BCUT2D eigenvalue weighted by Crippen LogP contribution is 2.11. The number of carbonyl (C=O) groups excluding carboxylic acids is 3. The van der Waals surface area contributed by atoms with Gasteiger partial charge in [0.25, 0.3) is 0 Å². The van der Waals surface area contributed by atoms with Gasteiger partial charge in [0.05, 0.1) is 12.7 Å². The second kappa shape index (κ2) is 10.2. The molecule has 0 bridgehead atoms. The third-order valence-electron chi connectivity index (χ3n) is 3.43. The van der Waals surface area contributed by atoms with E-state index in [4.69, 9.17) is 9.47 Å². The van der Waals surface area contributed by atoms with Crippen molar-refractivity contribution in [1.29, 1.82) is 0 Å². The highest BCUT2D eigenvalue weighted by molar-refractivity contribution is 5.89. The third-order valence-corrected chi connectivity index (χ3v) is 3.43. The molecule has 162 valence electrons.